The average Bonchev–Trinajstić information content (AvgIpc) is 2.49. The number of nitrogens with one attached hydrogen (secondary N) is 1. The Morgan fingerprint density at radius 3 is 2.90 bits per heavy atom. The Kier molecular flexibility index (Phi) is 5.80. The lowest BCUT2D eigenvalue weighted by atomic mass is 9.95. The summed E-state index contributed by atoms with van der Waals surface area (Å²) in [5, 5.41) is 3.49. The maximum absolute atomic E-state index is 13.9. The van der Waals surface area contributed by atoms with Crippen molar-refractivity contribution in [2.45, 2.75) is 44.8 Å². The first-order chi connectivity index (χ1) is 9.76. The van der Waals surface area contributed by atoms with E-state index in [1.165, 1.54) is 13.5 Å². The van der Waals surface area contributed by atoms with Crippen LogP contribution < -0.4 is 10.1 Å². The highest BCUT2D eigenvalue weighted by atomic mass is 19.1. The Bertz CT molecular complexity index is 419. The SMILES string of the molecule is CCCNC(c1ccc(OC)c(F)c1)C1CCCCO1. The van der Waals surface area contributed by atoms with Gasteiger partial charge in [0.2, 0.25) is 0 Å². The lowest BCUT2D eigenvalue weighted by molar-refractivity contribution is -0.00821. The Morgan fingerprint density at radius 2 is 2.30 bits per heavy atom. The van der Waals surface area contributed by atoms with Crippen LogP contribution in [0.5, 0.6) is 5.75 Å². The largest absolute Gasteiger partial charge is 0.494 e. The number of hydrogen-bond donors (Lipinski definition) is 1. The lowest BCUT2D eigenvalue weighted by Gasteiger charge is -2.31. The van der Waals surface area contributed by atoms with Crippen molar-refractivity contribution >= 4 is 0 Å². The normalized spacial score (nSPS) is 20.6. The molecule has 2 unspecified atom stereocenters. The Morgan fingerprint density at radius 1 is 1.45 bits per heavy atom. The molecule has 0 aromatic heterocycles. The summed E-state index contributed by atoms with van der Waals surface area (Å²) in [6.45, 7) is 3.83. The maximum atomic E-state index is 13.9. The summed E-state index contributed by atoms with van der Waals surface area (Å²) in [6, 6.07) is 5.22. The van der Waals surface area contributed by atoms with Crippen molar-refractivity contribution in [2.24, 2.45) is 0 Å². The van der Waals surface area contributed by atoms with E-state index in [2.05, 4.69) is 12.2 Å². The summed E-state index contributed by atoms with van der Waals surface area (Å²) in [5.74, 6) is -0.0309. The molecule has 1 aromatic rings. The number of methoxy groups -OCH3 is 1. The number of halogens is 1. The molecule has 1 fully saturated rings. The molecule has 0 spiro atoms. The summed E-state index contributed by atoms with van der Waals surface area (Å²) >= 11 is 0. The van der Waals surface area contributed by atoms with Gasteiger partial charge in [-0.25, -0.2) is 4.39 Å². The quantitative estimate of drug-likeness (QED) is 0.866. The van der Waals surface area contributed by atoms with Gasteiger partial charge in [0, 0.05) is 6.61 Å². The standard InChI is InChI=1S/C16H24FNO2/c1-3-9-18-16(15-6-4-5-10-20-15)12-7-8-14(19-2)13(17)11-12/h7-8,11,15-16,18H,3-6,9-10H2,1-2H3. The van der Waals surface area contributed by atoms with E-state index in [1.54, 1.807) is 12.1 Å². The molecule has 1 heterocycles. The summed E-state index contributed by atoms with van der Waals surface area (Å²) in [7, 11) is 1.48. The van der Waals surface area contributed by atoms with Crippen molar-refractivity contribution in [2.75, 3.05) is 20.3 Å². The molecular formula is C16H24FNO2. The molecule has 0 radical (unpaired) electrons. The molecule has 1 aliphatic heterocycles. The predicted octanol–water partition coefficient (Wildman–Crippen LogP) is 3.44. The maximum Gasteiger partial charge on any atom is 0.165 e. The zero-order chi connectivity index (χ0) is 14.4. The van der Waals surface area contributed by atoms with Gasteiger partial charge in [-0.05, 0) is 49.9 Å². The van der Waals surface area contributed by atoms with Crippen LogP contribution in [0.15, 0.2) is 18.2 Å². The fourth-order valence-electron chi connectivity index (χ4n) is 2.67. The van der Waals surface area contributed by atoms with Crippen molar-refractivity contribution in [3.05, 3.63) is 29.6 Å². The van der Waals surface area contributed by atoms with Crippen molar-refractivity contribution in [1.82, 2.24) is 5.32 Å². The molecule has 2 atom stereocenters. The van der Waals surface area contributed by atoms with E-state index >= 15 is 0 Å². The van der Waals surface area contributed by atoms with Gasteiger partial charge in [0.1, 0.15) is 0 Å². The monoisotopic (exact) mass is 281 g/mol. The molecule has 0 saturated carbocycles. The van der Waals surface area contributed by atoms with E-state index in [4.69, 9.17) is 9.47 Å². The number of ether oxygens (including phenoxy) is 2. The molecule has 1 saturated heterocycles. The van der Waals surface area contributed by atoms with Gasteiger partial charge < -0.3 is 14.8 Å². The predicted molar refractivity (Wildman–Crippen MR) is 77.6 cm³/mol. The first-order valence-electron chi connectivity index (χ1n) is 7.44. The van der Waals surface area contributed by atoms with E-state index in [0.717, 1.165) is 38.0 Å². The fourth-order valence-corrected chi connectivity index (χ4v) is 2.67. The third-order valence-corrected chi connectivity index (χ3v) is 3.74. The van der Waals surface area contributed by atoms with Gasteiger partial charge in [0.05, 0.1) is 19.3 Å². The van der Waals surface area contributed by atoms with Crippen LogP contribution in [-0.4, -0.2) is 26.4 Å². The second-order valence-corrected chi connectivity index (χ2v) is 5.23. The van der Waals surface area contributed by atoms with Crippen molar-refractivity contribution in [3.63, 3.8) is 0 Å². The minimum Gasteiger partial charge on any atom is -0.494 e. The Hall–Kier alpha value is -1.13. The van der Waals surface area contributed by atoms with E-state index < -0.39 is 0 Å². The molecular weight excluding hydrogens is 257 g/mol. The number of rotatable bonds is 6. The van der Waals surface area contributed by atoms with Crippen molar-refractivity contribution < 1.29 is 13.9 Å². The molecule has 1 N–H and O–H groups in total. The molecule has 1 aliphatic rings. The minimum absolute atomic E-state index is 0.0515. The summed E-state index contributed by atoms with van der Waals surface area (Å²) in [5.41, 5.74) is 0.934. The van der Waals surface area contributed by atoms with Gasteiger partial charge in [-0.15, -0.1) is 0 Å². The van der Waals surface area contributed by atoms with Gasteiger partial charge in [-0.1, -0.05) is 13.0 Å². The number of benzene rings is 1. The van der Waals surface area contributed by atoms with Gasteiger partial charge in [0.15, 0.2) is 11.6 Å². The average molecular weight is 281 g/mol. The van der Waals surface area contributed by atoms with Crippen LogP contribution in [-0.2, 0) is 4.74 Å². The first kappa shape index (κ1) is 15.3. The summed E-state index contributed by atoms with van der Waals surface area (Å²) < 4.78 is 24.8. The van der Waals surface area contributed by atoms with Crippen molar-refractivity contribution in [3.8, 4) is 5.75 Å². The summed E-state index contributed by atoms with van der Waals surface area (Å²) in [4.78, 5) is 0. The zero-order valence-electron chi connectivity index (χ0n) is 12.3. The minimum atomic E-state index is -0.316. The molecule has 20 heavy (non-hydrogen) atoms. The van der Waals surface area contributed by atoms with Crippen LogP contribution >= 0.6 is 0 Å². The van der Waals surface area contributed by atoms with E-state index in [-0.39, 0.29) is 23.7 Å². The third kappa shape index (κ3) is 3.70. The van der Waals surface area contributed by atoms with Gasteiger partial charge in [-0.3, -0.25) is 0 Å². The third-order valence-electron chi connectivity index (χ3n) is 3.74. The second-order valence-electron chi connectivity index (χ2n) is 5.23. The molecule has 1 aromatic carbocycles. The van der Waals surface area contributed by atoms with Gasteiger partial charge >= 0.3 is 0 Å². The highest BCUT2D eigenvalue weighted by Gasteiger charge is 2.26. The molecule has 2 rings (SSSR count). The van der Waals surface area contributed by atoms with Crippen LogP contribution in [0.25, 0.3) is 0 Å². The smallest absolute Gasteiger partial charge is 0.165 e. The molecule has 3 nitrogen and oxygen atoms in total. The highest BCUT2D eigenvalue weighted by molar-refractivity contribution is 5.31. The Balaban J connectivity index is 2.18. The highest BCUT2D eigenvalue weighted by Crippen LogP contribution is 2.29. The van der Waals surface area contributed by atoms with Gasteiger partial charge in [0.25, 0.3) is 0 Å². The second kappa shape index (κ2) is 7.60. The van der Waals surface area contributed by atoms with Crippen LogP contribution in [0.1, 0.15) is 44.2 Å². The molecule has 112 valence electrons. The van der Waals surface area contributed by atoms with Crippen molar-refractivity contribution in [1.29, 1.82) is 0 Å². The van der Waals surface area contributed by atoms with E-state index in [9.17, 15) is 4.39 Å². The Labute approximate surface area is 120 Å². The van der Waals surface area contributed by atoms with E-state index in [0.29, 0.717) is 0 Å². The van der Waals surface area contributed by atoms with Crippen LogP contribution in [0, 0.1) is 5.82 Å². The lowest BCUT2D eigenvalue weighted by Crippen LogP contribution is -2.36. The molecule has 0 bridgehead atoms. The molecule has 0 amide bonds. The first-order valence-corrected chi connectivity index (χ1v) is 7.44. The molecule has 0 aliphatic carbocycles. The van der Waals surface area contributed by atoms with Crippen LogP contribution in [0.2, 0.25) is 0 Å². The van der Waals surface area contributed by atoms with E-state index in [1.807, 2.05) is 6.07 Å². The zero-order valence-corrected chi connectivity index (χ0v) is 12.3. The van der Waals surface area contributed by atoms with Crippen LogP contribution in [0.4, 0.5) is 4.39 Å². The fraction of sp³-hybridized carbons (Fsp3) is 0.625. The molecule has 4 heteroatoms. The van der Waals surface area contributed by atoms with Gasteiger partial charge in [-0.2, -0.15) is 0 Å². The topological polar surface area (TPSA) is 30.5 Å². The van der Waals surface area contributed by atoms with Crippen LogP contribution in [0.3, 0.4) is 0 Å². The number of hydrogen-bond acceptors (Lipinski definition) is 3. The summed E-state index contributed by atoms with van der Waals surface area (Å²) in [6.07, 6.45) is 4.49.